The van der Waals surface area contributed by atoms with Crippen LogP contribution in [-0.2, 0) is 12.8 Å². The maximum atomic E-state index is 6.19. The molecule has 1 aliphatic heterocycles. The van der Waals surface area contributed by atoms with Gasteiger partial charge in [-0.05, 0) is 42.0 Å². The quantitative estimate of drug-likeness (QED) is 0.658. The van der Waals surface area contributed by atoms with Crippen LogP contribution in [0, 0.1) is 5.92 Å². The van der Waals surface area contributed by atoms with Crippen LogP contribution in [0.5, 0.6) is 5.75 Å². The zero-order valence-corrected chi connectivity index (χ0v) is 14.1. The molecule has 0 spiro atoms. The number of benzene rings is 2. The zero-order chi connectivity index (χ0) is 14.7. The molecule has 0 N–H and O–H groups in total. The molecule has 0 amide bonds. The van der Waals surface area contributed by atoms with E-state index < -0.39 is 0 Å². The molecule has 3 heteroatoms. The third-order valence-corrected chi connectivity index (χ3v) is 5.20. The fourth-order valence-corrected chi connectivity index (χ4v) is 3.61. The molecule has 110 valence electrons. The van der Waals surface area contributed by atoms with Crippen molar-refractivity contribution < 1.29 is 4.74 Å². The highest BCUT2D eigenvalue weighted by Gasteiger charge is 2.25. The largest absolute Gasteiger partial charge is 0.490 e. The number of rotatable bonds is 5. The maximum absolute atomic E-state index is 6.19. The number of hydrogen-bond donors (Lipinski definition) is 0. The number of ether oxygens (including phenoxy) is 1. The molecule has 0 saturated carbocycles. The fraction of sp³-hybridized carbons (Fsp3) is 0.333. The lowest BCUT2D eigenvalue weighted by Gasteiger charge is -2.19. The molecule has 1 heterocycles. The summed E-state index contributed by atoms with van der Waals surface area (Å²) in [4.78, 5) is 0. The molecule has 2 aromatic carbocycles. The molecule has 1 nitrogen and oxygen atoms in total. The van der Waals surface area contributed by atoms with Crippen LogP contribution in [0.25, 0.3) is 0 Å². The molecule has 0 aliphatic carbocycles. The van der Waals surface area contributed by atoms with E-state index in [4.69, 9.17) is 16.3 Å². The van der Waals surface area contributed by atoms with Crippen LogP contribution in [0.2, 0.25) is 0 Å². The molecule has 2 atom stereocenters. The Morgan fingerprint density at radius 3 is 2.67 bits per heavy atom. The Labute approximate surface area is 139 Å². The lowest BCUT2D eigenvalue weighted by atomic mass is 9.94. The van der Waals surface area contributed by atoms with Crippen molar-refractivity contribution in [2.24, 2.45) is 5.92 Å². The summed E-state index contributed by atoms with van der Waals surface area (Å²) in [5.74, 6) is 2.14. The Morgan fingerprint density at radius 1 is 1.14 bits per heavy atom. The first-order chi connectivity index (χ1) is 10.3. The van der Waals surface area contributed by atoms with E-state index in [1.54, 1.807) is 0 Å². The second-order valence-electron chi connectivity index (χ2n) is 5.60. The van der Waals surface area contributed by atoms with Gasteiger partial charge < -0.3 is 4.74 Å². The smallest absolute Gasteiger partial charge is 0.123 e. The Kier molecular flexibility index (Phi) is 4.87. The normalized spacial score (nSPS) is 18.1. The lowest BCUT2D eigenvalue weighted by Crippen LogP contribution is -2.20. The van der Waals surface area contributed by atoms with Crippen molar-refractivity contribution in [1.29, 1.82) is 0 Å². The van der Waals surface area contributed by atoms with Crippen LogP contribution in [0.1, 0.15) is 17.5 Å². The van der Waals surface area contributed by atoms with Crippen LogP contribution in [0.3, 0.4) is 0 Å². The van der Waals surface area contributed by atoms with Gasteiger partial charge in [-0.1, -0.05) is 52.3 Å². The van der Waals surface area contributed by atoms with Crippen molar-refractivity contribution in [3.63, 3.8) is 0 Å². The highest BCUT2D eigenvalue weighted by molar-refractivity contribution is 9.10. The Bertz CT molecular complexity index is 589. The van der Waals surface area contributed by atoms with Crippen LogP contribution < -0.4 is 4.74 Å². The summed E-state index contributed by atoms with van der Waals surface area (Å²) >= 11 is 9.80. The van der Waals surface area contributed by atoms with E-state index in [0.717, 1.165) is 29.5 Å². The molecule has 0 saturated heterocycles. The standard InChI is InChI=1S/C18H18BrClO/c19-17-7-3-1-5-14(17)9-13(12-20)10-16-11-15-6-2-4-8-18(15)21-16/h1-8,13,16H,9-12H2. The van der Waals surface area contributed by atoms with Gasteiger partial charge in [0.1, 0.15) is 11.9 Å². The Balaban J connectivity index is 1.63. The van der Waals surface area contributed by atoms with Gasteiger partial charge in [0.2, 0.25) is 0 Å². The summed E-state index contributed by atoms with van der Waals surface area (Å²) in [6, 6.07) is 16.7. The molecule has 2 unspecified atom stereocenters. The van der Waals surface area contributed by atoms with Gasteiger partial charge in [-0.25, -0.2) is 0 Å². The highest BCUT2D eigenvalue weighted by atomic mass is 79.9. The van der Waals surface area contributed by atoms with Crippen LogP contribution in [0.15, 0.2) is 53.0 Å². The second kappa shape index (κ2) is 6.85. The molecule has 2 aromatic rings. The fourth-order valence-electron chi connectivity index (χ4n) is 2.93. The number of alkyl halides is 1. The van der Waals surface area contributed by atoms with Crippen LogP contribution in [0.4, 0.5) is 0 Å². The highest BCUT2D eigenvalue weighted by Crippen LogP contribution is 2.32. The minimum atomic E-state index is 0.258. The average Bonchev–Trinajstić information content (AvgIpc) is 2.91. The summed E-state index contributed by atoms with van der Waals surface area (Å²) in [5, 5.41) is 0. The van der Waals surface area contributed by atoms with E-state index in [2.05, 4.69) is 52.3 Å². The lowest BCUT2D eigenvalue weighted by molar-refractivity contribution is 0.198. The molecule has 0 fully saturated rings. The first kappa shape index (κ1) is 14.9. The molecule has 21 heavy (non-hydrogen) atoms. The van der Waals surface area contributed by atoms with Gasteiger partial charge in [0, 0.05) is 16.8 Å². The van der Waals surface area contributed by atoms with Gasteiger partial charge in [0.15, 0.2) is 0 Å². The molecular formula is C18H18BrClO. The molecular weight excluding hydrogens is 348 g/mol. The van der Waals surface area contributed by atoms with Crippen LogP contribution >= 0.6 is 27.5 Å². The van der Waals surface area contributed by atoms with E-state index in [1.165, 1.54) is 11.1 Å². The maximum Gasteiger partial charge on any atom is 0.123 e. The second-order valence-corrected chi connectivity index (χ2v) is 6.77. The first-order valence-corrected chi connectivity index (χ1v) is 8.63. The molecule has 0 bridgehead atoms. The van der Waals surface area contributed by atoms with Crippen molar-refractivity contribution >= 4 is 27.5 Å². The number of halogens is 2. The van der Waals surface area contributed by atoms with Gasteiger partial charge in [-0.2, -0.15) is 0 Å². The molecule has 0 aromatic heterocycles. The number of para-hydroxylation sites is 1. The number of hydrogen-bond acceptors (Lipinski definition) is 1. The summed E-state index contributed by atoms with van der Waals surface area (Å²) in [6.07, 6.45) is 3.24. The van der Waals surface area contributed by atoms with Crippen molar-refractivity contribution in [1.82, 2.24) is 0 Å². The summed E-state index contributed by atoms with van der Waals surface area (Å²) in [5.41, 5.74) is 2.63. The third kappa shape index (κ3) is 3.61. The first-order valence-electron chi connectivity index (χ1n) is 7.30. The van der Waals surface area contributed by atoms with Crippen molar-refractivity contribution in [3.8, 4) is 5.75 Å². The predicted molar refractivity (Wildman–Crippen MR) is 91.2 cm³/mol. The van der Waals surface area contributed by atoms with E-state index in [9.17, 15) is 0 Å². The van der Waals surface area contributed by atoms with Crippen molar-refractivity contribution in [2.75, 3.05) is 5.88 Å². The van der Waals surface area contributed by atoms with E-state index >= 15 is 0 Å². The van der Waals surface area contributed by atoms with E-state index in [-0.39, 0.29) is 6.10 Å². The van der Waals surface area contributed by atoms with Gasteiger partial charge >= 0.3 is 0 Å². The molecule has 0 radical (unpaired) electrons. The van der Waals surface area contributed by atoms with Gasteiger partial charge in [-0.3, -0.25) is 0 Å². The van der Waals surface area contributed by atoms with E-state index in [0.29, 0.717) is 11.8 Å². The minimum Gasteiger partial charge on any atom is -0.490 e. The summed E-state index contributed by atoms with van der Waals surface area (Å²) in [6.45, 7) is 0. The van der Waals surface area contributed by atoms with Gasteiger partial charge in [0.05, 0.1) is 0 Å². The predicted octanol–water partition coefficient (Wildman–Crippen LogP) is 5.24. The molecule has 3 rings (SSSR count). The van der Waals surface area contributed by atoms with Crippen molar-refractivity contribution in [3.05, 3.63) is 64.1 Å². The average molecular weight is 366 g/mol. The number of fused-ring (bicyclic) bond motifs is 1. The zero-order valence-electron chi connectivity index (χ0n) is 11.8. The van der Waals surface area contributed by atoms with Crippen molar-refractivity contribution in [2.45, 2.75) is 25.4 Å². The van der Waals surface area contributed by atoms with Gasteiger partial charge in [-0.15, -0.1) is 11.6 Å². The minimum absolute atomic E-state index is 0.258. The third-order valence-electron chi connectivity index (χ3n) is 3.99. The van der Waals surface area contributed by atoms with Crippen LogP contribution in [-0.4, -0.2) is 12.0 Å². The SMILES string of the molecule is ClCC(Cc1ccccc1Br)CC1Cc2ccccc2O1. The Hall–Kier alpha value is -0.990. The summed E-state index contributed by atoms with van der Waals surface area (Å²) < 4.78 is 7.20. The Morgan fingerprint density at radius 2 is 1.90 bits per heavy atom. The van der Waals surface area contributed by atoms with Gasteiger partial charge in [0.25, 0.3) is 0 Å². The monoisotopic (exact) mass is 364 g/mol. The topological polar surface area (TPSA) is 9.23 Å². The summed E-state index contributed by atoms with van der Waals surface area (Å²) in [7, 11) is 0. The van der Waals surface area contributed by atoms with E-state index in [1.807, 2.05) is 12.1 Å². The molecule has 1 aliphatic rings.